The van der Waals surface area contributed by atoms with E-state index in [0.29, 0.717) is 6.61 Å². The zero-order chi connectivity index (χ0) is 15.6. The van der Waals surface area contributed by atoms with Gasteiger partial charge in [0.2, 0.25) is 0 Å². The molecule has 4 heterocycles. The Labute approximate surface area is 142 Å². The molecule has 2 atom stereocenters. The first-order chi connectivity index (χ1) is 11.3. The summed E-state index contributed by atoms with van der Waals surface area (Å²) in [5.41, 5.74) is 0. The number of thiophene rings is 1. The summed E-state index contributed by atoms with van der Waals surface area (Å²) in [5.74, 6) is 0.698. The van der Waals surface area contributed by atoms with E-state index >= 15 is 0 Å². The number of nitrogens with zero attached hydrogens (tertiary/aromatic N) is 3. The minimum absolute atomic E-state index is 0.153. The molecule has 2 saturated heterocycles. The van der Waals surface area contributed by atoms with Crippen molar-refractivity contribution in [3.63, 3.8) is 0 Å². The van der Waals surface area contributed by atoms with Crippen LogP contribution >= 0.6 is 23.1 Å². The Kier molecular flexibility index (Phi) is 4.37. The summed E-state index contributed by atoms with van der Waals surface area (Å²) >= 11 is 3.09. The minimum atomic E-state index is -0.182. The van der Waals surface area contributed by atoms with Crippen LogP contribution in [0.3, 0.4) is 0 Å². The van der Waals surface area contributed by atoms with E-state index in [-0.39, 0.29) is 17.3 Å². The number of aromatic nitrogens is 3. The zero-order valence-corrected chi connectivity index (χ0v) is 14.1. The fourth-order valence-corrected chi connectivity index (χ4v) is 4.56. The van der Waals surface area contributed by atoms with Gasteiger partial charge >= 0.3 is 5.97 Å². The van der Waals surface area contributed by atoms with Gasteiger partial charge in [-0.15, -0.1) is 21.5 Å². The highest BCUT2D eigenvalue weighted by molar-refractivity contribution is 8.00. The number of carbonyl (C=O) groups is 1. The molecule has 0 N–H and O–H groups in total. The van der Waals surface area contributed by atoms with Gasteiger partial charge in [0.05, 0.1) is 24.1 Å². The van der Waals surface area contributed by atoms with Crippen molar-refractivity contribution in [1.82, 2.24) is 14.8 Å². The third-order valence-corrected chi connectivity index (χ3v) is 6.09. The van der Waals surface area contributed by atoms with Gasteiger partial charge in [-0.3, -0.25) is 9.36 Å². The fourth-order valence-electron chi connectivity index (χ4n) is 2.83. The van der Waals surface area contributed by atoms with Crippen LogP contribution in [-0.2, 0) is 20.8 Å². The van der Waals surface area contributed by atoms with E-state index in [2.05, 4.69) is 14.8 Å². The van der Waals surface area contributed by atoms with Crippen LogP contribution in [0.5, 0.6) is 0 Å². The number of ether oxygens (including phenoxy) is 2. The van der Waals surface area contributed by atoms with Crippen molar-refractivity contribution in [3.8, 4) is 10.7 Å². The van der Waals surface area contributed by atoms with Crippen LogP contribution in [-0.4, -0.2) is 45.3 Å². The van der Waals surface area contributed by atoms with Crippen LogP contribution in [0.4, 0.5) is 0 Å². The van der Waals surface area contributed by atoms with Crippen molar-refractivity contribution in [2.24, 2.45) is 0 Å². The van der Waals surface area contributed by atoms with Crippen molar-refractivity contribution >= 4 is 29.1 Å². The van der Waals surface area contributed by atoms with Crippen LogP contribution in [0.25, 0.3) is 10.7 Å². The lowest BCUT2D eigenvalue weighted by atomic mass is 10.2. The number of hydrogen-bond acceptors (Lipinski definition) is 7. The molecule has 2 aromatic heterocycles. The number of cyclic esters (lactones) is 1. The summed E-state index contributed by atoms with van der Waals surface area (Å²) in [6.07, 6.45) is 3.07. The summed E-state index contributed by atoms with van der Waals surface area (Å²) in [6.45, 7) is 2.04. The third kappa shape index (κ3) is 3.15. The van der Waals surface area contributed by atoms with E-state index in [1.165, 1.54) is 11.8 Å². The topological polar surface area (TPSA) is 66.2 Å². The smallest absolute Gasteiger partial charge is 0.319 e. The average Bonchev–Trinajstić information content (AvgIpc) is 3.31. The summed E-state index contributed by atoms with van der Waals surface area (Å²) in [4.78, 5) is 12.8. The van der Waals surface area contributed by atoms with Gasteiger partial charge in [-0.25, -0.2) is 0 Å². The van der Waals surface area contributed by atoms with E-state index in [1.807, 2.05) is 17.5 Å². The lowest BCUT2D eigenvalue weighted by molar-refractivity contribution is -0.137. The molecule has 0 saturated carbocycles. The summed E-state index contributed by atoms with van der Waals surface area (Å²) in [6, 6.07) is 4.05. The quantitative estimate of drug-likeness (QED) is 0.772. The highest BCUT2D eigenvalue weighted by Crippen LogP contribution is 2.33. The monoisotopic (exact) mass is 351 g/mol. The van der Waals surface area contributed by atoms with E-state index < -0.39 is 0 Å². The molecule has 2 aliphatic rings. The molecule has 2 fully saturated rings. The van der Waals surface area contributed by atoms with E-state index in [4.69, 9.17) is 9.47 Å². The molecule has 0 aliphatic carbocycles. The van der Waals surface area contributed by atoms with Crippen LogP contribution in [0.15, 0.2) is 22.7 Å². The molecule has 2 aromatic rings. The van der Waals surface area contributed by atoms with Gasteiger partial charge in [-0.05, 0) is 24.3 Å². The first-order valence-corrected chi connectivity index (χ1v) is 9.49. The number of rotatable bonds is 5. The second-order valence-electron chi connectivity index (χ2n) is 5.59. The van der Waals surface area contributed by atoms with Crippen LogP contribution < -0.4 is 0 Å². The Morgan fingerprint density at radius 2 is 2.30 bits per heavy atom. The summed E-state index contributed by atoms with van der Waals surface area (Å²) in [7, 11) is 0. The molecule has 0 aromatic carbocycles. The molecule has 23 heavy (non-hydrogen) atoms. The molecule has 2 aliphatic heterocycles. The molecule has 0 radical (unpaired) electrons. The molecule has 8 heteroatoms. The largest absolute Gasteiger partial charge is 0.465 e. The Hall–Kier alpha value is -1.38. The zero-order valence-electron chi connectivity index (χ0n) is 12.5. The first kappa shape index (κ1) is 15.2. The Balaban J connectivity index is 1.63. The maximum Gasteiger partial charge on any atom is 0.319 e. The summed E-state index contributed by atoms with van der Waals surface area (Å²) < 4.78 is 12.9. The lowest BCUT2D eigenvalue weighted by Crippen LogP contribution is -2.18. The van der Waals surface area contributed by atoms with Gasteiger partial charge in [0.25, 0.3) is 0 Å². The van der Waals surface area contributed by atoms with Crippen molar-refractivity contribution in [2.75, 3.05) is 13.2 Å². The van der Waals surface area contributed by atoms with Gasteiger partial charge in [-0.1, -0.05) is 17.8 Å². The standard InChI is InChI=1S/C15H17N3O3S2/c19-14-12(5-7-21-14)23-15-17-16-13(11-4-2-8-22-11)18(15)9-10-3-1-6-20-10/h2,4,8,10,12H,1,3,5-7,9H2/t10-,12-/m1/s1. The molecular weight excluding hydrogens is 334 g/mol. The maximum atomic E-state index is 11.7. The number of thioether (sulfide) groups is 1. The van der Waals surface area contributed by atoms with Crippen LogP contribution in [0.2, 0.25) is 0 Å². The van der Waals surface area contributed by atoms with Crippen molar-refractivity contribution in [2.45, 2.75) is 42.3 Å². The molecule has 122 valence electrons. The molecule has 0 unspecified atom stereocenters. The highest BCUT2D eigenvalue weighted by atomic mass is 32.2. The van der Waals surface area contributed by atoms with E-state index in [0.717, 1.165) is 48.3 Å². The Morgan fingerprint density at radius 1 is 1.35 bits per heavy atom. The Bertz CT molecular complexity index is 680. The van der Waals surface area contributed by atoms with Crippen molar-refractivity contribution < 1.29 is 14.3 Å². The summed E-state index contributed by atoms with van der Waals surface area (Å²) in [5, 5.41) is 11.3. The SMILES string of the molecule is O=C1OCC[C@H]1Sc1nnc(-c2cccs2)n1C[C@H]1CCCO1. The first-order valence-electron chi connectivity index (χ1n) is 7.73. The molecule has 4 rings (SSSR count). The van der Waals surface area contributed by atoms with E-state index in [9.17, 15) is 4.79 Å². The van der Waals surface area contributed by atoms with Gasteiger partial charge in [0.1, 0.15) is 5.25 Å². The lowest BCUT2D eigenvalue weighted by Gasteiger charge is -2.14. The normalized spacial score (nSPS) is 24.3. The van der Waals surface area contributed by atoms with E-state index in [1.54, 1.807) is 11.3 Å². The van der Waals surface area contributed by atoms with Crippen LogP contribution in [0.1, 0.15) is 19.3 Å². The predicted molar refractivity (Wildman–Crippen MR) is 87.5 cm³/mol. The second kappa shape index (κ2) is 6.62. The Morgan fingerprint density at radius 3 is 3.00 bits per heavy atom. The van der Waals surface area contributed by atoms with Crippen LogP contribution in [0, 0.1) is 0 Å². The second-order valence-corrected chi connectivity index (χ2v) is 7.71. The number of hydrogen-bond donors (Lipinski definition) is 0. The molecular formula is C15H17N3O3S2. The van der Waals surface area contributed by atoms with Gasteiger partial charge in [0, 0.05) is 13.0 Å². The number of esters is 1. The average molecular weight is 351 g/mol. The van der Waals surface area contributed by atoms with Crippen molar-refractivity contribution in [3.05, 3.63) is 17.5 Å². The van der Waals surface area contributed by atoms with Gasteiger partial charge < -0.3 is 9.47 Å². The highest BCUT2D eigenvalue weighted by Gasteiger charge is 2.31. The fraction of sp³-hybridized carbons (Fsp3) is 0.533. The molecule has 6 nitrogen and oxygen atoms in total. The predicted octanol–water partition coefficient (Wildman–Crippen LogP) is 2.59. The third-order valence-electron chi connectivity index (χ3n) is 4.00. The van der Waals surface area contributed by atoms with Crippen molar-refractivity contribution in [1.29, 1.82) is 0 Å². The molecule has 0 amide bonds. The molecule has 0 spiro atoms. The minimum Gasteiger partial charge on any atom is -0.465 e. The van der Waals surface area contributed by atoms with Gasteiger partial charge in [-0.2, -0.15) is 0 Å². The van der Waals surface area contributed by atoms with Gasteiger partial charge in [0.15, 0.2) is 11.0 Å². The number of carbonyl (C=O) groups excluding carboxylic acids is 1. The molecule has 0 bridgehead atoms. The maximum absolute atomic E-state index is 11.7.